The lowest BCUT2D eigenvalue weighted by atomic mass is 9.69. The average Bonchev–Trinajstić information content (AvgIpc) is 3.38. The van der Waals surface area contributed by atoms with Crippen LogP contribution in [0.15, 0.2) is 60.7 Å². The molecule has 5 rings (SSSR count). The number of carboxylic acids is 1. The van der Waals surface area contributed by atoms with Crippen molar-refractivity contribution in [2.45, 2.75) is 44.6 Å². The molecule has 1 fully saturated rings. The van der Waals surface area contributed by atoms with E-state index in [1.807, 2.05) is 42.5 Å². The van der Waals surface area contributed by atoms with Crippen LogP contribution < -0.4 is 5.32 Å². The number of anilines is 1. The second-order valence-corrected chi connectivity index (χ2v) is 9.75. The molecule has 0 aromatic heterocycles. The molecular formula is C29H25F4NO4. The van der Waals surface area contributed by atoms with Gasteiger partial charge in [0.05, 0.1) is 36.3 Å². The van der Waals surface area contributed by atoms with Gasteiger partial charge in [-0.3, -0.25) is 9.59 Å². The monoisotopic (exact) mass is 527 g/mol. The van der Waals surface area contributed by atoms with Crippen LogP contribution in [0.2, 0.25) is 0 Å². The number of halogens is 4. The minimum atomic E-state index is -4.72. The van der Waals surface area contributed by atoms with Gasteiger partial charge in [0.1, 0.15) is 5.82 Å². The van der Waals surface area contributed by atoms with Crippen LogP contribution in [-0.4, -0.2) is 17.0 Å². The summed E-state index contributed by atoms with van der Waals surface area (Å²) in [6.07, 6.45) is -3.31. The Bertz CT molecular complexity index is 1370. The molecule has 0 saturated heterocycles. The van der Waals surface area contributed by atoms with E-state index in [-0.39, 0.29) is 6.42 Å². The number of carbonyl (C=O) groups excluding carboxylic acids is 1. The summed E-state index contributed by atoms with van der Waals surface area (Å²) in [6.45, 7) is 1.11. The van der Waals surface area contributed by atoms with Crippen molar-refractivity contribution in [3.05, 3.63) is 88.7 Å². The molecule has 2 N–H and O–H groups in total. The number of hydrogen-bond acceptors (Lipinski definition) is 3. The molecule has 38 heavy (non-hydrogen) atoms. The number of hydrogen-bond donors (Lipinski definition) is 2. The predicted octanol–water partition coefficient (Wildman–Crippen LogP) is 6.76. The van der Waals surface area contributed by atoms with Gasteiger partial charge in [0, 0.05) is 0 Å². The van der Waals surface area contributed by atoms with E-state index >= 15 is 0 Å². The SMILES string of the molecule is O=C(O)[C@@H]1[C@@H](c2ccc(-c3cccc4c3COC4)cc2)CCC[C@H]1C(=O)Nc1ccc(C(F)(F)F)cc1F. The molecule has 0 radical (unpaired) electrons. The van der Waals surface area contributed by atoms with Gasteiger partial charge in [-0.2, -0.15) is 13.2 Å². The maximum Gasteiger partial charge on any atom is 0.416 e. The fourth-order valence-corrected chi connectivity index (χ4v) is 5.61. The van der Waals surface area contributed by atoms with Crippen molar-refractivity contribution in [2.24, 2.45) is 11.8 Å². The van der Waals surface area contributed by atoms with Crippen molar-refractivity contribution in [2.75, 3.05) is 5.32 Å². The smallest absolute Gasteiger partial charge is 0.416 e. The lowest BCUT2D eigenvalue weighted by Crippen LogP contribution is -2.40. The summed E-state index contributed by atoms with van der Waals surface area (Å²) in [5.41, 5.74) is 3.50. The lowest BCUT2D eigenvalue weighted by Gasteiger charge is -2.35. The Morgan fingerprint density at radius 2 is 1.74 bits per heavy atom. The van der Waals surface area contributed by atoms with Crippen molar-refractivity contribution < 1.29 is 37.0 Å². The van der Waals surface area contributed by atoms with Crippen LogP contribution in [0.25, 0.3) is 11.1 Å². The zero-order valence-electron chi connectivity index (χ0n) is 20.2. The molecule has 0 spiro atoms. The number of aliphatic carboxylic acids is 1. The molecule has 1 heterocycles. The van der Waals surface area contributed by atoms with Crippen LogP contribution in [0.4, 0.5) is 23.2 Å². The highest BCUT2D eigenvalue weighted by atomic mass is 19.4. The Labute approximate surface area is 216 Å². The van der Waals surface area contributed by atoms with Crippen molar-refractivity contribution in [3.8, 4) is 11.1 Å². The van der Waals surface area contributed by atoms with Gasteiger partial charge in [-0.25, -0.2) is 4.39 Å². The third kappa shape index (κ3) is 5.03. The number of amides is 1. The zero-order valence-corrected chi connectivity index (χ0v) is 20.2. The first-order valence-electron chi connectivity index (χ1n) is 12.3. The van der Waals surface area contributed by atoms with Crippen molar-refractivity contribution >= 4 is 17.6 Å². The van der Waals surface area contributed by atoms with Crippen LogP contribution in [0.5, 0.6) is 0 Å². The normalized spacial score (nSPS) is 21.1. The topological polar surface area (TPSA) is 75.6 Å². The summed E-state index contributed by atoms with van der Waals surface area (Å²) >= 11 is 0. The summed E-state index contributed by atoms with van der Waals surface area (Å²) in [6, 6.07) is 15.5. The number of ether oxygens (including phenoxy) is 1. The third-order valence-corrected chi connectivity index (χ3v) is 7.50. The quantitative estimate of drug-likeness (QED) is 0.360. The predicted molar refractivity (Wildman–Crippen MR) is 132 cm³/mol. The van der Waals surface area contributed by atoms with Gasteiger partial charge in [0.15, 0.2) is 0 Å². The molecule has 3 aromatic rings. The third-order valence-electron chi connectivity index (χ3n) is 7.50. The summed E-state index contributed by atoms with van der Waals surface area (Å²) in [7, 11) is 0. The first-order chi connectivity index (χ1) is 18.1. The minimum Gasteiger partial charge on any atom is -0.481 e. The first-order valence-corrected chi connectivity index (χ1v) is 12.3. The number of benzene rings is 3. The molecule has 5 nitrogen and oxygen atoms in total. The van der Waals surface area contributed by atoms with Crippen LogP contribution in [0.1, 0.15) is 47.4 Å². The Hall–Kier alpha value is -3.72. The van der Waals surface area contributed by atoms with E-state index < -0.39 is 52.9 Å². The standard InChI is InChI=1S/C29H25F4NO4/c30-24-13-19(29(31,32)33)11-12-25(24)34-27(35)22-6-2-5-21(26(22)28(36)37)17-9-7-16(8-10-17)20-4-1-3-18-14-38-15-23(18)20/h1,3-4,7-13,21-22,26H,2,5-6,14-15H2,(H,34,35)(H,36,37)/t21-,22-,26-/m1/s1. The Morgan fingerprint density at radius 1 is 0.974 bits per heavy atom. The molecule has 1 aliphatic carbocycles. The molecule has 0 unspecified atom stereocenters. The molecule has 1 saturated carbocycles. The number of rotatable bonds is 5. The minimum absolute atomic E-state index is 0.274. The molecule has 0 bridgehead atoms. The molecule has 2 aliphatic rings. The summed E-state index contributed by atoms with van der Waals surface area (Å²) in [5.74, 6) is -5.60. The number of nitrogens with one attached hydrogen (secondary N) is 1. The molecule has 3 atom stereocenters. The van der Waals surface area contributed by atoms with E-state index in [2.05, 4.69) is 5.32 Å². The fourth-order valence-electron chi connectivity index (χ4n) is 5.61. The highest BCUT2D eigenvalue weighted by Crippen LogP contribution is 2.43. The van der Waals surface area contributed by atoms with E-state index in [9.17, 15) is 32.3 Å². The van der Waals surface area contributed by atoms with Gasteiger partial charge in [-0.05, 0) is 64.8 Å². The molecular weight excluding hydrogens is 502 g/mol. The zero-order chi connectivity index (χ0) is 27.0. The summed E-state index contributed by atoms with van der Waals surface area (Å²) in [4.78, 5) is 25.4. The van der Waals surface area contributed by atoms with Gasteiger partial charge >= 0.3 is 12.1 Å². The largest absolute Gasteiger partial charge is 0.481 e. The van der Waals surface area contributed by atoms with E-state index in [1.54, 1.807) is 0 Å². The van der Waals surface area contributed by atoms with Gasteiger partial charge < -0.3 is 15.2 Å². The molecule has 1 amide bonds. The average molecular weight is 528 g/mol. The van der Waals surface area contributed by atoms with Crippen LogP contribution in [-0.2, 0) is 33.7 Å². The molecule has 198 valence electrons. The molecule has 1 aliphatic heterocycles. The van der Waals surface area contributed by atoms with Crippen LogP contribution in [0.3, 0.4) is 0 Å². The second-order valence-electron chi connectivity index (χ2n) is 9.75. The number of alkyl halides is 3. The van der Waals surface area contributed by atoms with E-state index in [1.165, 1.54) is 0 Å². The molecule has 3 aromatic carbocycles. The highest BCUT2D eigenvalue weighted by molar-refractivity contribution is 5.95. The fraction of sp³-hybridized carbons (Fsp3) is 0.310. The van der Waals surface area contributed by atoms with Crippen molar-refractivity contribution in [3.63, 3.8) is 0 Å². The highest BCUT2D eigenvalue weighted by Gasteiger charge is 2.43. The van der Waals surface area contributed by atoms with E-state index in [4.69, 9.17) is 4.74 Å². The summed E-state index contributed by atoms with van der Waals surface area (Å²) < 4.78 is 58.4. The molecule has 9 heteroatoms. The van der Waals surface area contributed by atoms with Crippen LogP contribution >= 0.6 is 0 Å². The summed E-state index contributed by atoms with van der Waals surface area (Å²) in [5, 5.41) is 12.4. The Morgan fingerprint density at radius 3 is 2.42 bits per heavy atom. The Balaban J connectivity index is 1.37. The van der Waals surface area contributed by atoms with Gasteiger partial charge in [-0.1, -0.05) is 48.9 Å². The van der Waals surface area contributed by atoms with Crippen molar-refractivity contribution in [1.82, 2.24) is 0 Å². The van der Waals surface area contributed by atoms with Gasteiger partial charge in [0.2, 0.25) is 5.91 Å². The number of carboxylic acid groups (broad SMARTS) is 1. The van der Waals surface area contributed by atoms with E-state index in [0.717, 1.165) is 33.9 Å². The van der Waals surface area contributed by atoms with Gasteiger partial charge in [-0.15, -0.1) is 0 Å². The number of fused-ring (bicyclic) bond motifs is 1. The Kier molecular flexibility index (Phi) is 6.96. The maximum atomic E-state index is 14.3. The first kappa shape index (κ1) is 25.9. The second kappa shape index (κ2) is 10.2. The maximum absolute atomic E-state index is 14.3. The number of carbonyl (C=O) groups is 2. The van der Waals surface area contributed by atoms with Gasteiger partial charge in [0.25, 0.3) is 0 Å². The van der Waals surface area contributed by atoms with Crippen molar-refractivity contribution in [1.29, 1.82) is 0 Å². The van der Waals surface area contributed by atoms with E-state index in [0.29, 0.717) is 38.2 Å². The van der Waals surface area contributed by atoms with Crippen LogP contribution in [0, 0.1) is 17.7 Å². The lowest BCUT2D eigenvalue weighted by molar-refractivity contribution is -0.148.